The average molecular weight is 201 g/mol. The topological polar surface area (TPSA) is 23.8 Å². The highest BCUT2D eigenvalue weighted by molar-refractivity contribution is 5.33. The second-order valence-corrected chi connectivity index (χ2v) is 5.63. The van der Waals surface area contributed by atoms with Crippen LogP contribution in [0, 0.1) is 34.5 Å². The van der Waals surface area contributed by atoms with Gasteiger partial charge in [0.15, 0.2) is 0 Å². The molecule has 0 N–H and O–H groups in total. The summed E-state index contributed by atoms with van der Waals surface area (Å²) in [6.07, 6.45) is 5.33. The van der Waals surface area contributed by atoms with Gasteiger partial charge in [0.2, 0.25) is 0 Å². The summed E-state index contributed by atoms with van der Waals surface area (Å²) >= 11 is 0. The zero-order valence-corrected chi connectivity index (χ0v) is 10.0. The van der Waals surface area contributed by atoms with Gasteiger partial charge >= 0.3 is 0 Å². The summed E-state index contributed by atoms with van der Waals surface area (Å²) < 4.78 is 0. The van der Waals surface area contributed by atoms with Gasteiger partial charge in [-0.05, 0) is 37.5 Å². The van der Waals surface area contributed by atoms with Crippen molar-refractivity contribution >= 4 is 0 Å². The number of hydrogen-bond donors (Lipinski definition) is 0. The van der Waals surface area contributed by atoms with Gasteiger partial charge in [0, 0.05) is 12.0 Å². The molecule has 0 saturated heterocycles. The second kappa shape index (κ2) is 3.23. The molecule has 0 aromatic heterocycles. The van der Waals surface area contributed by atoms with Crippen molar-refractivity contribution in [2.45, 2.75) is 34.1 Å². The summed E-state index contributed by atoms with van der Waals surface area (Å²) in [5.41, 5.74) is 3.18. The van der Waals surface area contributed by atoms with E-state index in [-0.39, 0.29) is 0 Å². The van der Waals surface area contributed by atoms with Crippen LogP contribution in [0.25, 0.3) is 0 Å². The molecule has 0 aromatic rings. The third-order valence-electron chi connectivity index (χ3n) is 4.47. The molecule has 2 aliphatic rings. The van der Waals surface area contributed by atoms with Gasteiger partial charge in [0.25, 0.3) is 0 Å². The quantitative estimate of drug-likeness (QED) is 0.469. The maximum Gasteiger partial charge on any atom is 0.0911 e. The molecule has 1 saturated carbocycles. The smallest absolute Gasteiger partial charge is 0.0911 e. The normalized spacial score (nSPS) is 37.7. The lowest BCUT2D eigenvalue weighted by Crippen LogP contribution is -2.12. The molecule has 2 aliphatic carbocycles. The standard InChI is InChI=1S/C14H19N/c1-9-5-6-11-13(14(11,3)4)12(9)10(2)7-8-15/h5,7,11-13H,6H2,1-4H3. The Balaban J connectivity index is 2.30. The maximum absolute atomic E-state index is 8.74. The Morgan fingerprint density at radius 3 is 2.87 bits per heavy atom. The SMILES string of the molecule is CC(=CC#N)C1C(C)=CCC2C1C2(C)C. The molecule has 1 fully saturated rings. The van der Waals surface area contributed by atoms with Gasteiger partial charge in [-0.3, -0.25) is 0 Å². The first-order chi connectivity index (χ1) is 7.00. The minimum atomic E-state index is 0.476. The zero-order chi connectivity index (χ0) is 11.2. The molecule has 3 unspecified atom stereocenters. The molecule has 0 bridgehead atoms. The monoisotopic (exact) mass is 201 g/mol. The largest absolute Gasteiger partial charge is 0.193 e. The van der Waals surface area contributed by atoms with E-state index in [2.05, 4.69) is 39.8 Å². The molecule has 0 spiro atoms. The first-order valence-corrected chi connectivity index (χ1v) is 5.73. The Kier molecular flexibility index (Phi) is 2.26. The average Bonchev–Trinajstić information content (AvgIpc) is 2.69. The Bertz CT molecular complexity index is 379. The summed E-state index contributed by atoms with van der Waals surface area (Å²) in [5, 5.41) is 8.74. The summed E-state index contributed by atoms with van der Waals surface area (Å²) in [4.78, 5) is 0. The van der Waals surface area contributed by atoms with Crippen LogP contribution in [0.15, 0.2) is 23.3 Å². The van der Waals surface area contributed by atoms with E-state index >= 15 is 0 Å². The first-order valence-electron chi connectivity index (χ1n) is 5.73. The minimum absolute atomic E-state index is 0.476. The van der Waals surface area contributed by atoms with Crippen LogP contribution < -0.4 is 0 Å². The summed E-state index contributed by atoms with van der Waals surface area (Å²) in [6, 6.07) is 2.16. The van der Waals surface area contributed by atoms with Crippen molar-refractivity contribution in [1.29, 1.82) is 5.26 Å². The molecule has 1 nitrogen and oxygen atoms in total. The van der Waals surface area contributed by atoms with Crippen molar-refractivity contribution in [3.8, 4) is 6.07 Å². The third-order valence-corrected chi connectivity index (χ3v) is 4.47. The molecule has 80 valence electrons. The van der Waals surface area contributed by atoms with E-state index in [1.807, 2.05) is 0 Å². The Morgan fingerprint density at radius 1 is 1.60 bits per heavy atom. The van der Waals surface area contributed by atoms with E-state index in [0.29, 0.717) is 11.3 Å². The molecule has 15 heavy (non-hydrogen) atoms. The molecular weight excluding hydrogens is 182 g/mol. The molecule has 3 atom stereocenters. The number of allylic oxidation sites excluding steroid dienone is 4. The van der Waals surface area contributed by atoms with Crippen LogP contribution in [0.5, 0.6) is 0 Å². The van der Waals surface area contributed by atoms with Crippen LogP contribution in [0.3, 0.4) is 0 Å². The minimum Gasteiger partial charge on any atom is -0.193 e. The lowest BCUT2D eigenvalue weighted by atomic mass is 9.82. The van der Waals surface area contributed by atoms with Crippen LogP contribution in [0.4, 0.5) is 0 Å². The number of hydrogen-bond acceptors (Lipinski definition) is 1. The highest BCUT2D eigenvalue weighted by atomic mass is 14.7. The van der Waals surface area contributed by atoms with E-state index in [1.165, 1.54) is 17.6 Å². The fourth-order valence-corrected chi connectivity index (χ4v) is 3.46. The predicted octanol–water partition coefficient (Wildman–Crippen LogP) is 3.69. The summed E-state index contributed by atoms with van der Waals surface area (Å²) in [5.74, 6) is 2.14. The molecule has 0 aliphatic heterocycles. The molecule has 0 heterocycles. The van der Waals surface area contributed by atoms with Gasteiger partial charge in [-0.2, -0.15) is 5.26 Å². The number of nitrogens with zero attached hydrogens (tertiary/aromatic N) is 1. The highest BCUT2D eigenvalue weighted by Gasteiger charge is 2.61. The third kappa shape index (κ3) is 1.44. The fourth-order valence-electron chi connectivity index (χ4n) is 3.46. The summed E-state index contributed by atoms with van der Waals surface area (Å²) in [7, 11) is 0. The van der Waals surface area contributed by atoms with Gasteiger partial charge in [-0.15, -0.1) is 0 Å². The lowest BCUT2D eigenvalue weighted by molar-refractivity contribution is 0.483. The molecule has 1 heteroatoms. The zero-order valence-electron chi connectivity index (χ0n) is 10.0. The van der Waals surface area contributed by atoms with Crippen LogP contribution in [0.1, 0.15) is 34.1 Å². The highest BCUT2D eigenvalue weighted by Crippen LogP contribution is 2.67. The van der Waals surface area contributed by atoms with E-state index in [1.54, 1.807) is 6.08 Å². The van der Waals surface area contributed by atoms with Crippen LogP contribution in [0.2, 0.25) is 0 Å². The van der Waals surface area contributed by atoms with Gasteiger partial charge < -0.3 is 0 Å². The van der Waals surface area contributed by atoms with Crippen molar-refractivity contribution in [3.63, 3.8) is 0 Å². The fraction of sp³-hybridized carbons (Fsp3) is 0.643. The van der Waals surface area contributed by atoms with E-state index in [4.69, 9.17) is 5.26 Å². The molecule has 0 amide bonds. The van der Waals surface area contributed by atoms with E-state index in [0.717, 1.165) is 11.8 Å². The second-order valence-electron chi connectivity index (χ2n) is 5.63. The Hall–Kier alpha value is -1.03. The van der Waals surface area contributed by atoms with Gasteiger partial charge in [0.1, 0.15) is 0 Å². The van der Waals surface area contributed by atoms with Crippen LogP contribution in [-0.2, 0) is 0 Å². The molecule has 0 aromatic carbocycles. The molecule has 2 rings (SSSR count). The molecule has 0 radical (unpaired) electrons. The van der Waals surface area contributed by atoms with Crippen molar-refractivity contribution in [2.75, 3.05) is 0 Å². The Morgan fingerprint density at radius 2 is 2.27 bits per heavy atom. The number of rotatable bonds is 1. The van der Waals surface area contributed by atoms with Crippen LogP contribution in [-0.4, -0.2) is 0 Å². The van der Waals surface area contributed by atoms with Crippen molar-refractivity contribution in [1.82, 2.24) is 0 Å². The van der Waals surface area contributed by atoms with Crippen molar-refractivity contribution < 1.29 is 0 Å². The number of nitriles is 1. The van der Waals surface area contributed by atoms with Crippen LogP contribution >= 0.6 is 0 Å². The maximum atomic E-state index is 8.74. The predicted molar refractivity (Wildman–Crippen MR) is 62.0 cm³/mol. The van der Waals surface area contributed by atoms with Crippen molar-refractivity contribution in [3.05, 3.63) is 23.3 Å². The summed E-state index contributed by atoms with van der Waals surface area (Å²) in [6.45, 7) is 9.04. The Labute approximate surface area is 92.5 Å². The lowest BCUT2D eigenvalue weighted by Gasteiger charge is -2.22. The van der Waals surface area contributed by atoms with E-state index < -0.39 is 0 Å². The number of fused-ring (bicyclic) bond motifs is 1. The van der Waals surface area contributed by atoms with Crippen molar-refractivity contribution in [2.24, 2.45) is 23.2 Å². The molecular formula is C14H19N. The van der Waals surface area contributed by atoms with Gasteiger partial charge in [0.05, 0.1) is 6.07 Å². The van der Waals surface area contributed by atoms with Gasteiger partial charge in [-0.1, -0.05) is 31.1 Å². The van der Waals surface area contributed by atoms with E-state index in [9.17, 15) is 0 Å². The first kappa shape index (κ1) is 10.5. The van der Waals surface area contributed by atoms with Gasteiger partial charge in [-0.25, -0.2) is 0 Å².